The lowest BCUT2D eigenvalue weighted by Crippen LogP contribution is -2.34. The first-order valence-electron chi connectivity index (χ1n) is 12.0. The number of aliphatic hydroxyl groups is 2. The molecule has 2 aliphatic rings. The number of aromatic amines is 1. The summed E-state index contributed by atoms with van der Waals surface area (Å²) in [6.07, 6.45) is 11.9. The molecule has 1 saturated heterocycles. The first kappa shape index (κ1) is 33.0. The molecule has 0 radical (unpaired) electrons. The Labute approximate surface area is 210 Å². The van der Waals surface area contributed by atoms with Crippen molar-refractivity contribution < 1.29 is 29.3 Å². The van der Waals surface area contributed by atoms with Crippen LogP contribution in [0.1, 0.15) is 66.0 Å². The molecule has 12 heteroatoms. The highest BCUT2D eigenvalue weighted by atomic mass is 16.7. The van der Waals surface area contributed by atoms with Gasteiger partial charge in [0.25, 0.3) is 5.56 Å². The Hall–Kier alpha value is -3.01. The molecule has 1 saturated carbocycles. The van der Waals surface area contributed by atoms with Crippen LogP contribution in [0.15, 0.2) is 27.2 Å². The van der Waals surface area contributed by atoms with Gasteiger partial charge in [0.05, 0.1) is 13.0 Å². The van der Waals surface area contributed by atoms with Crippen LogP contribution in [0.5, 0.6) is 0 Å². The third-order valence-electron chi connectivity index (χ3n) is 5.55. The smallest absolute Gasteiger partial charge is 0.330 e. The third kappa shape index (κ3) is 10.3. The van der Waals surface area contributed by atoms with Crippen molar-refractivity contribution in [3.05, 3.63) is 38.0 Å². The summed E-state index contributed by atoms with van der Waals surface area (Å²) in [5, 5.41) is 20.2. The molecule has 0 spiro atoms. The highest BCUT2D eigenvalue weighted by molar-refractivity contribution is 5.69. The zero-order valence-corrected chi connectivity index (χ0v) is 21.4. The van der Waals surface area contributed by atoms with Gasteiger partial charge in [0.15, 0.2) is 11.4 Å². The summed E-state index contributed by atoms with van der Waals surface area (Å²) < 4.78 is 11.9. The SMILES string of the molecule is C#C.CC.CC(CO)CC(=O)OC1CCCC1.CC1C(ON=O)C(CO)OC1n1ccc(=O)[nH]c1=O. The molecule has 1 aromatic heterocycles. The van der Waals surface area contributed by atoms with Crippen LogP contribution in [0.25, 0.3) is 0 Å². The van der Waals surface area contributed by atoms with Gasteiger partial charge in [-0.2, -0.15) is 0 Å². The van der Waals surface area contributed by atoms with Gasteiger partial charge in [0.2, 0.25) is 0 Å². The second-order valence-electron chi connectivity index (χ2n) is 8.16. The molecule has 2 heterocycles. The molecule has 36 heavy (non-hydrogen) atoms. The number of carbonyl (C=O) groups is 1. The first-order valence-corrected chi connectivity index (χ1v) is 12.0. The standard InChI is InChI=1S/C10H13N3O6.C10H18O3.C2H6.C2H2/c1-5-8(19-12-17)6(4-14)18-9(5)13-3-2-7(15)11-10(13)16;1-8(7-11)6-10(12)13-9-4-2-3-5-9;2*1-2/h2-3,5-6,8-9,14H,4H2,1H3,(H,11,15,16);8-9,11H,2-7H2,1H3;1-2H3;1-2H. The molecule has 0 aromatic carbocycles. The first-order chi connectivity index (χ1) is 17.3. The number of nitrogens with one attached hydrogen (secondary N) is 1. The number of rotatable bonds is 8. The van der Waals surface area contributed by atoms with E-state index in [1.807, 2.05) is 20.8 Å². The van der Waals surface area contributed by atoms with Crippen molar-refractivity contribution >= 4 is 5.97 Å². The van der Waals surface area contributed by atoms with E-state index in [9.17, 15) is 19.3 Å². The minimum absolute atomic E-state index is 0.0221. The van der Waals surface area contributed by atoms with Crippen molar-refractivity contribution in [1.29, 1.82) is 0 Å². The molecule has 2 fully saturated rings. The average Bonchev–Trinajstić information content (AvgIpc) is 3.50. The second kappa shape index (κ2) is 18.3. The van der Waals surface area contributed by atoms with E-state index in [-0.39, 0.29) is 31.2 Å². The number of terminal acetylenes is 1. The van der Waals surface area contributed by atoms with E-state index in [0.717, 1.165) is 12.8 Å². The van der Waals surface area contributed by atoms with Gasteiger partial charge in [-0.1, -0.05) is 27.7 Å². The molecule has 12 nitrogen and oxygen atoms in total. The van der Waals surface area contributed by atoms with E-state index in [2.05, 4.69) is 28.0 Å². The fourth-order valence-corrected chi connectivity index (χ4v) is 3.78. The van der Waals surface area contributed by atoms with Crippen LogP contribution in [0.3, 0.4) is 0 Å². The van der Waals surface area contributed by atoms with Crippen LogP contribution in [-0.2, 0) is 19.1 Å². The Kier molecular flexibility index (Phi) is 16.8. The molecule has 3 N–H and O–H groups in total. The lowest BCUT2D eigenvalue weighted by atomic mass is 10.0. The number of ether oxygens (including phenoxy) is 2. The monoisotopic (exact) mass is 513 g/mol. The van der Waals surface area contributed by atoms with Gasteiger partial charge in [-0.25, -0.2) is 4.79 Å². The molecule has 5 unspecified atom stereocenters. The summed E-state index contributed by atoms with van der Waals surface area (Å²) >= 11 is 0. The minimum Gasteiger partial charge on any atom is -0.462 e. The summed E-state index contributed by atoms with van der Waals surface area (Å²) in [6, 6.07) is 1.18. The van der Waals surface area contributed by atoms with Crippen LogP contribution >= 0.6 is 0 Å². The second-order valence-corrected chi connectivity index (χ2v) is 8.16. The maximum atomic E-state index is 11.7. The largest absolute Gasteiger partial charge is 0.462 e. The van der Waals surface area contributed by atoms with Crippen molar-refractivity contribution in [3.8, 4) is 12.8 Å². The van der Waals surface area contributed by atoms with Gasteiger partial charge in [-0.3, -0.25) is 19.1 Å². The van der Waals surface area contributed by atoms with Crippen molar-refractivity contribution in [2.75, 3.05) is 13.2 Å². The van der Waals surface area contributed by atoms with E-state index >= 15 is 0 Å². The predicted octanol–water partition coefficient (Wildman–Crippen LogP) is 1.90. The normalized spacial score (nSPS) is 23.4. The number of aliphatic hydroxyl groups excluding tert-OH is 2. The van der Waals surface area contributed by atoms with Crippen LogP contribution in [0.4, 0.5) is 0 Å². The molecular weight excluding hydrogens is 474 g/mol. The number of hydrogen-bond acceptors (Lipinski definition) is 10. The van der Waals surface area contributed by atoms with Crippen molar-refractivity contribution in [1.82, 2.24) is 9.55 Å². The quantitative estimate of drug-likeness (QED) is 0.203. The van der Waals surface area contributed by atoms with Crippen LogP contribution in [0.2, 0.25) is 0 Å². The van der Waals surface area contributed by atoms with Gasteiger partial charge < -0.3 is 24.5 Å². The Morgan fingerprint density at radius 3 is 2.39 bits per heavy atom. The maximum Gasteiger partial charge on any atom is 0.330 e. The van der Waals surface area contributed by atoms with E-state index in [0.29, 0.717) is 6.42 Å². The number of esters is 1. The van der Waals surface area contributed by atoms with Crippen molar-refractivity contribution in [3.63, 3.8) is 0 Å². The highest BCUT2D eigenvalue weighted by Crippen LogP contribution is 2.35. The Bertz CT molecular complexity index is 893. The number of hydrogen-bond donors (Lipinski definition) is 3. The number of carbonyl (C=O) groups excluding carboxylic acids is 1. The molecule has 3 rings (SSSR count). The maximum absolute atomic E-state index is 11.7. The summed E-state index contributed by atoms with van der Waals surface area (Å²) in [7, 11) is 0. The summed E-state index contributed by atoms with van der Waals surface area (Å²) in [4.78, 5) is 50.8. The third-order valence-corrected chi connectivity index (χ3v) is 5.55. The molecular formula is C24H39N3O9. The van der Waals surface area contributed by atoms with E-state index in [1.54, 1.807) is 6.92 Å². The van der Waals surface area contributed by atoms with E-state index < -0.39 is 35.6 Å². The number of H-pyrrole nitrogens is 1. The van der Waals surface area contributed by atoms with Crippen LogP contribution < -0.4 is 11.2 Å². The fourth-order valence-electron chi connectivity index (χ4n) is 3.78. The Morgan fingerprint density at radius 1 is 1.28 bits per heavy atom. The van der Waals surface area contributed by atoms with Gasteiger partial charge in [0, 0.05) is 24.8 Å². The van der Waals surface area contributed by atoms with Gasteiger partial charge in [-0.15, -0.1) is 17.8 Å². The zero-order valence-electron chi connectivity index (χ0n) is 21.4. The summed E-state index contributed by atoms with van der Waals surface area (Å²) in [6.45, 7) is 7.21. The zero-order chi connectivity index (χ0) is 27.7. The van der Waals surface area contributed by atoms with Crippen molar-refractivity contribution in [2.24, 2.45) is 17.2 Å². The van der Waals surface area contributed by atoms with Gasteiger partial charge >= 0.3 is 11.7 Å². The van der Waals surface area contributed by atoms with E-state index in [4.69, 9.17) is 19.7 Å². The lowest BCUT2D eigenvalue weighted by molar-refractivity contribution is -0.150. The molecule has 5 atom stereocenters. The Balaban J connectivity index is 0.000000630. The molecule has 1 aliphatic heterocycles. The summed E-state index contributed by atoms with van der Waals surface area (Å²) in [5.41, 5.74) is -1.16. The Morgan fingerprint density at radius 2 is 1.89 bits per heavy atom. The lowest BCUT2D eigenvalue weighted by Gasteiger charge is -2.17. The molecule has 204 valence electrons. The number of aromatic nitrogens is 2. The summed E-state index contributed by atoms with van der Waals surface area (Å²) in [5.74, 6) is -0.541. The number of nitrogens with zero attached hydrogens (tertiary/aromatic N) is 2. The van der Waals surface area contributed by atoms with Crippen molar-refractivity contribution in [2.45, 2.75) is 84.3 Å². The van der Waals surface area contributed by atoms with E-state index in [1.165, 1.54) is 29.7 Å². The fraction of sp³-hybridized carbons (Fsp3) is 0.708. The van der Waals surface area contributed by atoms with Crippen LogP contribution in [0, 0.1) is 29.6 Å². The molecule has 0 bridgehead atoms. The molecule has 0 amide bonds. The topological polar surface area (TPSA) is 170 Å². The molecule has 1 aromatic rings. The predicted molar refractivity (Wildman–Crippen MR) is 133 cm³/mol. The van der Waals surface area contributed by atoms with Gasteiger partial charge in [0.1, 0.15) is 18.4 Å². The molecule has 1 aliphatic carbocycles. The highest BCUT2D eigenvalue weighted by Gasteiger charge is 2.45. The van der Waals surface area contributed by atoms with Crippen LogP contribution in [-0.4, -0.2) is 57.3 Å². The average molecular weight is 514 g/mol. The minimum atomic E-state index is -0.767. The van der Waals surface area contributed by atoms with Gasteiger partial charge in [-0.05, 0) is 31.6 Å².